The molecule has 0 fully saturated rings. The van der Waals surface area contributed by atoms with Crippen molar-refractivity contribution in [2.75, 3.05) is 0 Å². The highest BCUT2D eigenvalue weighted by Crippen LogP contribution is 2.30. The minimum atomic E-state index is -0.296. The predicted molar refractivity (Wildman–Crippen MR) is 171 cm³/mol. The molecule has 7 rings (SSSR count). The zero-order valence-electron chi connectivity index (χ0n) is 22.6. The molecule has 7 aromatic rings. The second-order valence-electron chi connectivity index (χ2n) is 10.1. The van der Waals surface area contributed by atoms with E-state index in [-0.39, 0.29) is 5.56 Å². The third-order valence-electron chi connectivity index (χ3n) is 7.20. The van der Waals surface area contributed by atoms with E-state index in [1.54, 1.807) is 12.3 Å². The molecule has 0 saturated heterocycles. The molecule has 0 bridgehead atoms. The van der Waals surface area contributed by atoms with Gasteiger partial charge in [-0.25, -0.2) is 4.98 Å². The number of halogens is 1. The SMILES string of the molecule is Cc1ccc(COc2ccc3ccccc3c2C=Nn2c(-c3cc4cc(Br)ccc4o3)nc3ccccc3c2=O)cc1. The monoisotopic (exact) mass is 613 g/mol. The molecule has 0 aliphatic carbocycles. The van der Waals surface area contributed by atoms with Crippen LogP contribution in [0.5, 0.6) is 5.75 Å². The second kappa shape index (κ2) is 10.8. The minimum Gasteiger partial charge on any atom is -0.488 e. The maximum atomic E-state index is 13.8. The average molecular weight is 614 g/mol. The van der Waals surface area contributed by atoms with Crippen molar-refractivity contribution in [3.8, 4) is 17.3 Å². The molecule has 0 amide bonds. The molecular weight excluding hydrogens is 590 g/mol. The van der Waals surface area contributed by atoms with Crippen molar-refractivity contribution in [2.45, 2.75) is 13.5 Å². The summed E-state index contributed by atoms with van der Waals surface area (Å²) >= 11 is 3.52. The molecule has 42 heavy (non-hydrogen) atoms. The molecule has 0 spiro atoms. The Hall–Kier alpha value is -5.01. The fourth-order valence-corrected chi connectivity index (χ4v) is 5.39. The minimum absolute atomic E-state index is 0.296. The Kier molecular flexibility index (Phi) is 6.64. The molecule has 0 N–H and O–H groups in total. The molecule has 0 radical (unpaired) electrons. The van der Waals surface area contributed by atoms with E-state index < -0.39 is 0 Å². The van der Waals surface area contributed by atoms with Crippen LogP contribution in [0.25, 0.3) is 44.2 Å². The topological polar surface area (TPSA) is 69.6 Å². The molecule has 204 valence electrons. The van der Waals surface area contributed by atoms with Crippen LogP contribution < -0.4 is 10.3 Å². The largest absolute Gasteiger partial charge is 0.488 e. The average Bonchev–Trinajstić information content (AvgIpc) is 3.43. The maximum Gasteiger partial charge on any atom is 0.282 e. The number of aromatic nitrogens is 2. The number of nitrogens with zero attached hydrogens (tertiary/aromatic N) is 3. The van der Waals surface area contributed by atoms with Crippen LogP contribution in [0.2, 0.25) is 0 Å². The summed E-state index contributed by atoms with van der Waals surface area (Å²) < 4.78 is 14.7. The number of rotatable bonds is 6. The van der Waals surface area contributed by atoms with Gasteiger partial charge in [0.2, 0.25) is 5.82 Å². The van der Waals surface area contributed by atoms with E-state index in [1.807, 2.05) is 78.9 Å². The van der Waals surface area contributed by atoms with Gasteiger partial charge >= 0.3 is 0 Å². The molecular formula is C35H24BrN3O3. The van der Waals surface area contributed by atoms with Crippen LogP contribution in [0.15, 0.2) is 128 Å². The third kappa shape index (κ3) is 4.88. The maximum absolute atomic E-state index is 13.8. The van der Waals surface area contributed by atoms with Crippen LogP contribution in [0.1, 0.15) is 16.7 Å². The highest BCUT2D eigenvalue weighted by Gasteiger charge is 2.17. The van der Waals surface area contributed by atoms with E-state index in [0.717, 1.165) is 31.8 Å². The Morgan fingerprint density at radius 3 is 2.52 bits per heavy atom. The first-order chi connectivity index (χ1) is 20.5. The summed E-state index contributed by atoms with van der Waals surface area (Å²) in [5.41, 5.74) is 3.98. The molecule has 5 aromatic carbocycles. The molecule has 6 nitrogen and oxygen atoms in total. The Morgan fingerprint density at radius 2 is 1.67 bits per heavy atom. The molecule has 0 aliphatic heterocycles. The Morgan fingerprint density at radius 1 is 0.881 bits per heavy atom. The van der Waals surface area contributed by atoms with Gasteiger partial charge in [-0.15, -0.1) is 0 Å². The van der Waals surface area contributed by atoms with Gasteiger partial charge in [-0.2, -0.15) is 9.78 Å². The zero-order valence-corrected chi connectivity index (χ0v) is 24.2. The lowest BCUT2D eigenvalue weighted by molar-refractivity contribution is 0.306. The summed E-state index contributed by atoms with van der Waals surface area (Å²) in [4.78, 5) is 18.6. The normalized spacial score (nSPS) is 11.7. The molecule has 7 heteroatoms. The van der Waals surface area contributed by atoms with Crippen molar-refractivity contribution < 1.29 is 9.15 Å². The van der Waals surface area contributed by atoms with Gasteiger partial charge in [0.25, 0.3) is 5.56 Å². The summed E-state index contributed by atoms with van der Waals surface area (Å²) in [6.45, 7) is 2.46. The van der Waals surface area contributed by atoms with Gasteiger partial charge in [-0.1, -0.05) is 88.2 Å². The van der Waals surface area contributed by atoms with E-state index in [4.69, 9.17) is 19.2 Å². The van der Waals surface area contributed by atoms with Gasteiger partial charge in [0.1, 0.15) is 17.9 Å². The van der Waals surface area contributed by atoms with E-state index in [1.165, 1.54) is 10.2 Å². The van der Waals surface area contributed by atoms with Crippen molar-refractivity contribution in [2.24, 2.45) is 5.10 Å². The number of furan rings is 1. The fraction of sp³-hybridized carbons (Fsp3) is 0.0571. The summed E-state index contributed by atoms with van der Waals surface area (Å²) in [5.74, 6) is 1.41. The van der Waals surface area contributed by atoms with Crippen LogP contribution in [-0.2, 0) is 6.61 Å². The van der Waals surface area contributed by atoms with Crippen molar-refractivity contribution in [1.29, 1.82) is 0 Å². The first-order valence-corrected chi connectivity index (χ1v) is 14.3. The van der Waals surface area contributed by atoms with Crippen LogP contribution >= 0.6 is 15.9 Å². The molecule has 0 saturated carbocycles. The van der Waals surface area contributed by atoms with E-state index >= 15 is 0 Å². The summed E-state index contributed by atoms with van der Waals surface area (Å²) in [5, 5.41) is 8.08. The quantitative estimate of drug-likeness (QED) is 0.176. The molecule has 0 aliphatic rings. The third-order valence-corrected chi connectivity index (χ3v) is 7.69. The lowest BCUT2D eigenvalue weighted by atomic mass is 10.0. The first kappa shape index (κ1) is 25.9. The van der Waals surface area contributed by atoms with Crippen molar-refractivity contribution in [3.63, 3.8) is 0 Å². The second-order valence-corrected chi connectivity index (χ2v) is 11.0. The number of para-hydroxylation sites is 1. The van der Waals surface area contributed by atoms with Gasteiger partial charge in [0, 0.05) is 15.4 Å². The molecule has 2 aromatic heterocycles. The van der Waals surface area contributed by atoms with Crippen molar-refractivity contribution in [3.05, 3.63) is 141 Å². The van der Waals surface area contributed by atoms with E-state index in [0.29, 0.717) is 40.4 Å². The molecule has 0 unspecified atom stereocenters. The Labute approximate surface area is 249 Å². The summed E-state index contributed by atoms with van der Waals surface area (Å²) in [6, 6.07) is 35.1. The van der Waals surface area contributed by atoms with Crippen LogP contribution in [0.3, 0.4) is 0 Å². The van der Waals surface area contributed by atoms with Crippen molar-refractivity contribution in [1.82, 2.24) is 9.66 Å². The lowest BCUT2D eigenvalue weighted by Gasteiger charge is -2.13. The predicted octanol–water partition coefficient (Wildman–Crippen LogP) is 8.50. The van der Waals surface area contributed by atoms with Gasteiger partial charge in [0.05, 0.1) is 17.1 Å². The zero-order chi connectivity index (χ0) is 28.6. The van der Waals surface area contributed by atoms with Gasteiger partial charge in [0.15, 0.2) is 5.76 Å². The van der Waals surface area contributed by atoms with Crippen LogP contribution in [-0.4, -0.2) is 15.9 Å². The highest BCUT2D eigenvalue weighted by molar-refractivity contribution is 9.10. The highest BCUT2D eigenvalue weighted by atomic mass is 79.9. The number of ether oxygens (including phenoxy) is 1. The molecule has 0 atom stereocenters. The Balaban J connectivity index is 1.38. The number of hydrogen-bond acceptors (Lipinski definition) is 5. The first-order valence-electron chi connectivity index (χ1n) is 13.5. The van der Waals surface area contributed by atoms with Gasteiger partial charge in [-0.05, 0) is 65.7 Å². The lowest BCUT2D eigenvalue weighted by Crippen LogP contribution is -2.20. The number of benzene rings is 5. The van der Waals surface area contributed by atoms with Crippen LogP contribution in [0.4, 0.5) is 0 Å². The standard InChI is InChI=1S/C35H24BrN3O3/c1-22-10-12-23(13-11-22)21-41-32-16-14-24-6-2-3-7-27(24)29(32)20-37-39-34(38-30-9-5-4-8-28(30)35(39)40)33-19-25-18-26(36)15-17-31(25)42-33/h2-20H,21H2,1H3. The smallest absolute Gasteiger partial charge is 0.282 e. The fourth-order valence-electron chi connectivity index (χ4n) is 5.01. The van der Waals surface area contributed by atoms with E-state index in [2.05, 4.69) is 47.1 Å². The number of hydrogen-bond donors (Lipinski definition) is 0. The van der Waals surface area contributed by atoms with Crippen LogP contribution in [0, 0.1) is 6.92 Å². The van der Waals surface area contributed by atoms with Gasteiger partial charge in [-0.3, -0.25) is 4.79 Å². The van der Waals surface area contributed by atoms with Crippen molar-refractivity contribution >= 4 is 54.8 Å². The molecule has 2 heterocycles. The number of aryl methyl sites for hydroxylation is 1. The van der Waals surface area contributed by atoms with E-state index in [9.17, 15) is 4.79 Å². The van der Waals surface area contributed by atoms with Gasteiger partial charge < -0.3 is 9.15 Å². The summed E-state index contributed by atoms with van der Waals surface area (Å²) in [6.07, 6.45) is 1.67. The number of fused-ring (bicyclic) bond motifs is 3. The summed E-state index contributed by atoms with van der Waals surface area (Å²) in [7, 11) is 0. The Bertz CT molecular complexity index is 2200.